The average molecular weight is 596 g/mol. The van der Waals surface area contributed by atoms with Gasteiger partial charge in [-0.05, 0) is 66.2 Å². The number of fused-ring (bicyclic) bond motifs is 2. The van der Waals surface area contributed by atoms with E-state index in [9.17, 15) is 23.6 Å². The van der Waals surface area contributed by atoms with Crippen molar-refractivity contribution < 1.29 is 23.5 Å². The monoisotopic (exact) mass is 595 g/mol. The number of halogens is 2. The first kappa shape index (κ1) is 26.3. The van der Waals surface area contributed by atoms with Gasteiger partial charge in [0.2, 0.25) is 11.8 Å². The minimum absolute atomic E-state index is 0.267. The maximum atomic E-state index is 13.8. The van der Waals surface area contributed by atoms with Crippen LogP contribution < -0.4 is 19.8 Å². The third kappa shape index (κ3) is 4.91. The number of carbonyl (C=O) groups excluding carboxylic acids is 3. The molecule has 0 bridgehead atoms. The van der Waals surface area contributed by atoms with Gasteiger partial charge in [0.05, 0.1) is 16.6 Å². The molecule has 2 aliphatic heterocycles. The van der Waals surface area contributed by atoms with Crippen molar-refractivity contribution in [1.29, 1.82) is 0 Å². The molecule has 8 nitrogen and oxygen atoms in total. The fraction of sp³-hybridized carbons (Fsp3) is 0.143. The molecule has 1 aromatic heterocycles. The van der Waals surface area contributed by atoms with E-state index >= 15 is 0 Å². The van der Waals surface area contributed by atoms with Crippen LogP contribution in [0.25, 0.3) is 0 Å². The van der Waals surface area contributed by atoms with Crippen molar-refractivity contribution in [2.24, 2.45) is 5.92 Å². The number of hydrogen-bond donors (Lipinski definition) is 2. The summed E-state index contributed by atoms with van der Waals surface area (Å²) in [5, 5.41) is 3.03. The molecule has 1 fully saturated rings. The van der Waals surface area contributed by atoms with Gasteiger partial charge in [-0.1, -0.05) is 46.8 Å². The van der Waals surface area contributed by atoms with Gasteiger partial charge in [0.1, 0.15) is 16.8 Å². The van der Waals surface area contributed by atoms with Gasteiger partial charge in [0.25, 0.3) is 5.91 Å². The molecule has 3 amide bonds. The molecule has 0 radical (unpaired) electrons. The van der Waals surface area contributed by atoms with E-state index in [0.717, 1.165) is 28.0 Å². The lowest BCUT2D eigenvalue weighted by atomic mass is 9.83. The first-order valence-corrected chi connectivity index (χ1v) is 14.2. The number of anilines is 2. The predicted octanol–water partition coefficient (Wildman–Crippen LogP) is 5.04. The highest BCUT2D eigenvalue weighted by Crippen LogP contribution is 2.53. The zero-order valence-electron chi connectivity index (χ0n) is 20.4. The molecule has 3 atom stereocenters. The summed E-state index contributed by atoms with van der Waals surface area (Å²) in [7, 11) is 0. The summed E-state index contributed by atoms with van der Waals surface area (Å²) in [5.41, 5.74) is 1.51. The lowest BCUT2D eigenvalue weighted by molar-refractivity contribution is -0.122. The Balaban J connectivity index is 1.28. The number of thioether (sulfide) groups is 1. The van der Waals surface area contributed by atoms with Crippen LogP contribution in [0.2, 0.25) is 5.02 Å². The fourth-order valence-corrected chi connectivity index (χ4v) is 7.54. The zero-order valence-corrected chi connectivity index (χ0v) is 22.8. The summed E-state index contributed by atoms with van der Waals surface area (Å²) in [6.07, 6.45) is 0. The summed E-state index contributed by atoms with van der Waals surface area (Å²) in [5.74, 6) is -2.75. The molecule has 202 valence electrons. The van der Waals surface area contributed by atoms with E-state index in [1.807, 2.05) is 0 Å². The predicted molar refractivity (Wildman–Crippen MR) is 151 cm³/mol. The molecule has 2 N–H and O–H groups in total. The normalized spacial score (nSPS) is 19.8. The molecule has 12 heteroatoms. The minimum Gasteiger partial charge on any atom is -0.484 e. The van der Waals surface area contributed by atoms with Crippen LogP contribution >= 0.6 is 34.7 Å². The highest BCUT2D eigenvalue weighted by atomic mass is 35.5. The smallest absolute Gasteiger partial charge is 0.305 e. The van der Waals surface area contributed by atoms with Crippen molar-refractivity contribution in [3.05, 3.63) is 104 Å². The van der Waals surface area contributed by atoms with Gasteiger partial charge in [-0.15, -0.1) is 0 Å². The Labute approximate surface area is 240 Å². The Morgan fingerprint density at radius 1 is 1.02 bits per heavy atom. The molecule has 1 saturated heterocycles. The lowest BCUT2D eigenvalue weighted by Crippen LogP contribution is -2.32. The Bertz CT molecular complexity index is 1690. The van der Waals surface area contributed by atoms with E-state index in [4.69, 9.17) is 16.3 Å². The van der Waals surface area contributed by atoms with Crippen molar-refractivity contribution >= 4 is 63.8 Å². The molecule has 2 aliphatic rings. The first-order chi connectivity index (χ1) is 19.3. The molecule has 0 aliphatic carbocycles. The maximum absolute atomic E-state index is 13.8. The number of H-pyrrole nitrogens is 1. The zero-order chi connectivity index (χ0) is 28.0. The Hall–Kier alpha value is -3.93. The summed E-state index contributed by atoms with van der Waals surface area (Å²) >= 11 is 8.03. The number of nitrogens with zero attached hydrogens (tertiary/aromatic N) is 1. The number of thiazole rings is 1. The average Bonchev–Trinajstić information content (AvgIpc) is 3.43. The third-order valence-corrected chi connectivity index (χ3v) is 9.28. The van der Waals surface area contributed by atoms with Crippen LogP contribution in [0.4, 0.5) is 15.8 Å². The van der Waals surface area contributed by atoms with Gasteiger partial charge in [-0.25, -0.2) is 9.29 Å². The molecule has 2 unspecified atom stereocenters. The molecule has 40 heavy (non-hydrogen) atoms. The number of rotatable bonds is 6. The molecule has 0 spiro atoms. The SMILES string of the molecule is O=C(COc1cccc([C@H]2c3sc(=O)[nH]c3SC3C(=O)N(c4ccc(F)cc4)C(=O)C32)c1)Nc1ccc(Cl)cc1. The van der Waals surface area contributed by atoms with Gasteiger partial charge in [-0.3, -0.25) is 19.2 Å². The standard InChI is InChI=1S/C28H19ClFN3O5S2/c29-15-4-8-17(9-5-15)31-20(34)13-38-19-3-1-2-14(12-19)21-22-24(39-25-23(21)40-28(37)32-25)27(36)33(26(22)35)18-10-6-16(30)7-11-18/h1-12,21-22,24H,13H2,(H,31,34)(H,32,37)/t21-,22?,24?/m1/s1. The quantitative estimate of drug-likeness (QED) is 0.302. The van der Waals surface area contributed by atoms with Gasteiger partial charge in [0.15, 0.2) is 6.61 Å². The number of ether oxygens (including phenoxy) is 1. The Morgan fingerprint density at radius 2 is 1.77 bits per heavy atom. The summed E-state index contributed by atoms with van der Waals surface area (Å²) in [6.45, 7) is -0.267. The summed E-state index contributed by atoms with van der Waals surface area (Å²) in [4.78, 5) is 56.2. The maximum Gasteiger partial charge on any atom is 0.305 e. The van der Waals surface area contributed by atoms with Gasteiger partial charge in [-0.2, -0.15) is 0 Å². The van der Waals surface area contributed by atoms with Gasteiger partial charge in [0, 0.05) is 21.5 Å². The van der Waals surface area contributed by atoms with Crippen molar-refractivity contribution in [3.8, 4) is 5.75 Å². The largest absolute Gasteiger partial charge is 0.484 e. The topological polar surface area (TPSA) is 109 Å². The van der Waals surface area contributed by atoms with Crippen molar-refractivity contribution in [3.63, 3.8) is 0 Å². The fourth-order valence-electron chi connectivity index (χ4n) is 4.90. The molecule has 0 saturated carbocycles. The molecule has 3 aromatic carbocycles. The number of aromatic nitrogens is 1. The van der Waals surface area contributed by atoms with E-state index in [0.29, 0.717) is 31.9 Å². The molecular weight excluding hydrogens is 577 g/mol. The van der Waals surface area contributed by atoms with E-state index in [1.54, 1.807) is 48.5 Å². The number of amides is 3. The number of nitrogens with one attached hydrogen (secondary N) is 2. The van der Waals surface area contributed by atoms with Gasteiger partial charge >= 0.3 is 4.87 Å². The van der Waals surface area contributed by atoms with E-state index in [-0.39, 0.29) is 23.1 Å². The van der Waals surface area contributed by atoms with Crippen LogP contribution in [0.15, 0.2) is 82.6 Å². The molecular formula is C28H19ClFN3O5S2. The van der Waals surface area contributed by atoms with Crippen LogP contribution in [0.3, 0.4) is 0 Å². The molecule has 3 heterocycles. The number of hydrogen-bond acceptors (Lipinski definition) is 7. The van der Waals surface area contributed by atoms with E-state index in [2.05, 4.69) is 10.3 Å². The second-order valence-corrected chi connectivity index (χ2v) is 11.8. The molecule has 4 aromatic rings. The number of imide groups is 1. The summed E-state index contributed by atoms with van der Waals surface area (Å²) < 4.78 is 19.3. The van der Waals surface area contributed by atoms with Crippen molar-refractivity contribution in [2.45, 2.75) is 16.2 Å². The number of benzene rings is 3. The number of carbonyl (C=O) groups is 3. The third-order valence-electron chi connectivity index (χ3n) is 6.62. The van der Waals surface area contributed by atoms with Gasteiger partial charge < -0.3 is 15.0 Å². The van der Waals surface area contributed by atoms with Crippen LogP contribution in [0.1, 0.15) is 16.4 Å². The highest BCUT2D eigenvalue weighted by molar-refractivity contribution is 8.00. The second kappa shape index (κ2) is 10.6. The number of aromatic amines is 1. The minimum atomic E-state index is -0.801. The molecule has 6 rings (SSSR count). The van der Waals surface area contributed by atoms with Crippen LogP contribution in [0, 0.1) is 11.7 Å². The second-order valence-electron chi connectivity index (χ2n) is 9.15. The van der Waals surface area contributed by atoms with Crippen LogP contribution in [0.5, 0.6) is 5.75 Å². The first-order valence-electron chi connectivity index (χ1n) is 12.1. The van der Waals surface area contributed by atoms with Crippen molar-refractivity contribution in [2.75, 3.05) is 16.8 Å². The van der Waals surface area contributed by atoms with Crippen LogP contribution in [-0.2, 0) is 14.4 Å². The van der Waals surface area contributed by atoms with E-state index < -0.39 is 34.7 Å². The summed E-state index contributed by atoms with van der Waals surface area (Å²) in [6, 6.07) is 18.8. The Morgan fingerprint density at radius 3 is 2.52 bits per heavy atom. The van der Waals surface area contributed by atoms with Crippen LogP contribution in [-0.4, -0.2) is 34.6 Å². The lowest BCUT2D eigenvalue weighted by Gasteiger charge is -2.30. The Kier molecular flexibility index (Phi) is 6.95. The highest BCUT2D eigenvalue weighted by Gasteiger charge is 2.56. The van der Waals surface area contributed by atoms with E-state index in [1.165, 1.54) is 24.3 Å². The van der Waals surface area contributed by atoms with Crippen molar-refractivity contribution in [1.82, 2.24) is 4.98 Å².